The molecule has 7 nitrogen and oxygen atoms in total. The maximum atomic E-state index is 13.0. The molecule has 0 saturated carbocycles. The predicted octanol–water partition coefficient (Wildman–Crippen LogP) is 1.62. The molecule has 0 unspecified atom stereocenters. The van der Waals surface area contributed by atoms with E-state index in [-0.39, 0.29) is 6.54 Å². The summed E-state index contributed by atoms with van der Waals surface area (Å²) in [6, 6.07) is -0.705. The molecule has 138 valence electrons. The van der Waals surface area contributed by atoms with Crippen molar-refractivity contribution in [2.75, 3.05) is 13.1 Å². The van der Waals surface area contributed by atoms with Crippen LogP contribution >= 0.6 is 0 Å². The standard InChI is InChI=1S/C15H19F3N4O3/c16-15(17,18)11-8-22(7-10(11)13(23)24)14(25)19-5-9-6-21-4-2-1-3-12(21)20-9/h6,10-11H,1-5,7-8H2,(H,19,25)(H,23,24)/t10-,11-/m1/s1. The van der Waals surface area contributed by atoms with Gasteiger partial charge in [0.15, 0.2) is 0 Å². The number of imidazole rings is 1. The number of nitrogens with zero attached hydrogens (tertiary/aromatic N) is 3. The van der Waals surface area contributed by atoms with Crippen LogP contribution in [0.5, 0.6) is 0 Å². The predicted molar refractivity (Wildman–Crippen MR) is 79.6 cm³/mol. The van der Waals surface area contributed by atoms with Gasteiger partial charge in [-0.25, -0.2) is 9.78 Å². The highest BCUT2D eigenvalue weighted by Crippen LogP contribution is 2.37. The molecule has 1 aromatic rings. The Morgan fingerprint density at radius 3 is 2.68 bits per heavy atom. The van der Waals surface area contributed by atoms with Crippen LogP contribution in [0.3, 0.4) is 0 Å². The molecule has 3 rings (SSSR count). The normalized spacial score (nSPS) is 23.4. The second-order valence-electron chi connectivity index (χ2n) is 6.46. The van der Waals surface area contributed by atoms with E-state index in [4.69, 9.17) is 5.11 Å². The number of carboxylic acids is 1. The van der Waals surface area contributed by atoms with E-state index >= 15 is 0 Å². The van der Waals surface area contributed by atoms with E-state index in [1.54, 1.807) is 0 Å². The van der Waals surface area contributed by atoms with Crippen molar-refractivity contribution in [3.63, 3.8) is 0 Å². The van der Waals surface area contributed by atoms with Crippen molar-refractivity contribution in [3.8, 4) is 0 Å². The van der Waals surface area contributed by atoms with E-state index in [0.717, 1.165) is 36.5 Å². The summed E-state index contributed by atoms with van der Waals surface area (Å²) in [5.41, 5.74) is 0.645. The Labute approximate surface area is 141 Å². The summed E-state index contributed by atoms with van der Waals surface area (Å²) in [6.07, 6.45) is 0.177. The van der Waals surface area contributed by atoms with Crippen molar-refractivity contribution in [1.29, 1.82) is 0 Å². The van der Waals surface area contributed by atoms with Crippen LogP contribution in [-0.2, 0) is 24.3 Å². The first-order chi connectivity index (χ1) is 11.8. The van der Waals surface area contributed by atoms with Gasteiger partial charge in [-0.1, -0.05) is 0 Å². The van der Waals surface area contributed by atoms with Crippen molar-refractivity contribution in [3.05, 3.63) is 17.7 Å². The average molecular weight is 360 g/mol. The number of carbonyl (C=O) groups excluding carboxylic acids is 1. The van der Waals surface area contributed by atoms with Gasteiger partial charge in [-0.15, -0.1) is 0 Å². The summed E-state index contributed by atoms with van der Waals surface area (Å²) in [7, 11) is 0. The third kappa shape index (κ3) is 3.72. The highest BCUT2D eigenvalue weighted by molar-refractivity contribution is 5.77. The van der Waals surface area contributed by atoms with Crippen LogP contribution in [0.1, 0.15) is 24.4 Å². The number of hydrogen-bond acceptors (Lipinski definition) is 3. The summed E-state index contributed by atoms with van der Waals surface area (Å²) < 4.78 is 40.9. The van der Waals surface area contributed by atoms with Crippen molar-refractivity contribution >= 4 is 12.0 Å². The lowest BCUT2D eigenvalue weighted by Gasteiger charge is -2.18. The number of carboxylic acid groups (broad SMARTS) is 1. The maximum absolute atomic E-state index is 13.0. The summed E-state index contributed by atoms with van der Waals surface area (Å²) in [5.74, 6) is -4.28. The number of likely N-dealkylation sites (tertiary alicyclic amines) is 1. The van der Waals surface area contributed by atoms with E-state index in [1.807, 2.05) is 10.8 Å². The minimum absolute atomic E-state index is 0.101. The number of hydrogen-bond donors (Lipinski definition) is 2. The first-order valence-electron chi connectivity index (χ1n) is 8.13. The van der Waals surface area contributed by atoms with Crippen LogP contribution in [0.4, 0.5) is 18.0 Å². The molecule has 1 fully saturated rings. The fourth-order valence-corrected chi connectivity index (χ4v) is 3.39. The van der Waals surface area contributed by atoms with Gasteiger partial charge in [0.1, 0.15) is 5.82 Å². The smallest absolute Gasteiger partial charge is 0.394 e. The summed E-state index contributed by atoms with van der Waals surface area (Å²) in [6.45, 7) is -0.128. The Morgan fingerprint density at radius 2 is 2.08 bits per heavy atom. The number of amides is 2. The first kappa shape index (κ1) is 17.6. The number of fused-ring (bicyclic) bond motifs is 1. The van der Waals surface area contributed by atoms with Crippen LogP contribution < -0.4 is 5.32 Å². The number of alkyl halides is 3. The Hall–Kier alpha value is -2.26. The second-order valence-corrected chi connectivity index (χ2v) is 6.46. The molecule has 0 spiro atoms. The minimum atomic E-state index is -4.65. The molecule has 2 N–H and O–H groups in total. The number of halogens is 3. The van der Waals surface area contributed by atoms with Gasteiger partial charge in [0.05, 0.1) is 24.1 Å². The molecule has 2 aliphatic heterocycles. The Bertz CT molecular complexity index is 650. The van der Waals surface area contributed by atoms with Gasteiger partial charge in [0, 0.05) is 32.3 Å². The van der Waals surface area contributed by atoms with Crippen molar-refractivity contribution < 1.29 is 27.9 Å². The molecule has 25 heavy (non-hydrogen) atoms. The monoisotopic (exact) mass is 360 g/mol. The highest BCUT2D eigenvalue weighted by atomic mass is 19.4. The minimum Gasteiger partial charge on any atom is -0.481 e. The molecule has 1 aromatic heterocycles. The third-order valence-corrected chi connectivity index (χ3v) is 4.72. The zero-order chi connectivity index (χ0) is 18.2. The molecule has 1 saturated heterocycles. The van der Waals surface area contributed by atoms with Gasteiger partial charge in [0.2, 0.25) is 0 Å². The van der Waals surface area contributed by atoms with Crippen LogP contribution in [0.25, 0.3) is 0 Å². The lowest BCUT2D eigenvalue weighted by molar-refractivity contribution is -0.187. The van der Waals surface area contributed by atoms with E-state index < -0.39 is 43.1 Å². The molecule has 0 aliphatic carbocycles. The van der Waals surface area contributed by atoms with Crippen LogP contribution in [0.15, 0.2) is 6.20 Å². The number of aromatic nitrogens is 2. The lowest BCUT2D eigenvalue weighted by Crippen LogP contribution is -2.39. The van der Waals surface area contributed by atoms with E-state index in [2.05, 4.69) is 10.3 Å². The fourth-order valence-electron chi connectivity index (χ4n) is 3.39. The van der Waals surface area contributed by atoms with Crippen molar-refractivity contribution in [2.45, 2.75) is 38.5 Å². The lowest BCUT2D eigenvalue weighted by atomic mass is 9.96. The molecule has 0 radical (unpaired) electrons. The number of aryl methyl sites for hydroxylation is 2. The Balaban J connectivity index is 1.60. The number of urea groups is 1. The zero-order valence-electron chi connectivity index (χ0n) is 13.4. The van der Waals surface area contributed by atoms with Gasteiger partial charge >= 0.3 is 18.2 Å². The van der Waals surface area contributed by atoms with Crippen LogP contribution in [0.2, 0.25) is 0 Å². The molecule has 0 aromatic carbocycles. The quantitative estimate of drug-likeness (QED) is 0.858. The SMILES string of the molecule is O=C(O)[C@@H]1CN(C(=O)NCc2cn3c(n2)CCCC3)C[C@H]1C(F)(F)F. The molecular weight excluding hydrogens is 341 g/mol. The summed E-state index contributed by atoms with van der Waals surface area (Å²) in [5, 5.41) is 11.5. The Kier molecular flexibility index (Phi) is 4.61. The fraction of sp³-hybridized carbons (Fsp3) is 0.667. The number of nitrogens with one attached hydrogen (secondary N) is 1. The highest BCUT2D eigenvalue weighted by Gasteiger charge is 2.53. The van der Waals surface area contributed by atoms with Crippen LogP contribution in [0, 0.1) is 11.8 Å². The van der Waals surface area contributed by atoms with Gasteiger partial charge in [-0.2, -0.15) is 13.2 Å². The molecule has 3 heterocycles. The molecule has 2 atom stereocenters. The van der Waals surface area contributed by atoms with E-state index in [0.29, 0.717) is 5.69 Å². The van der Waals surface area contributed by atoms with E-state index in [9.17, 15) is 22.8 Å². The number of carbonyl (C=O) groups is 2. The average Bonchev–Trinajstić information content (AvgIpc) is 3.16. The van der Waals surface area contributed by atoms with E-state index in [1.165, 1.54) is 0 Å². The maximum Gasteiger partial charge on any atom is 0.394 e. The molecule has 0 bridgehead atoms. The number of aliphatic carboxylic acids is 1. The molecule has 2 amide bonds. The van der Waals surface area contributed by atoms with Crippen molar-refractivity contribution in [2.24, 2.45) is 11.8 Å². The Morgan fingerprint density at radius 1 is 1.32 bits per heavy atom. The molecule has 10 heteroatoms. The van der Waals surface area contributed by atoms with Gasteiger partial charge < -0.3 is 19.9 Å². The van der Waals surface area contributed by atoms with Gasteiger partial charge in [-0.05, 0) is 12.8 Å². The zero-order valence-corrected chi connectivity index (χ0v) is 13.4. The topological polar surface area (TPSA) is 87.5 Å². The van der Waals surface area contributed by atoms with Crippen molar-refractivity contribution in [1.82, 2.24) is 19.8 Å². The van der Waals surface area contributed by atoms with Crippen LogP contribution in [-0.4, -0.2) is 50.8 Å². The summed E-state index contributed by atoms with van der Waals surface area (Å²) >= 11 is 0. The third-order valence-electron chi connectivity index (χ3n) is 4.72. The van der Waals surface area contributed by atoms with Gasteiger partial charge in [-0.3, -0.25) is 4.79 Å². The second kappa shape index (κ2) is 6.57. The number of rotatable bonds is 3. The largest absolute Gasteiger partial charge is 0.481 e. The first-order valence-corrected chi connectivity index (χ1v) is 8.13. The molecule has 2 aliphatic rings. The summed E-state index contributed by atoms with van der Waals surface area (Å²) in [4.78, 5) is 28.5. The van der Waals surface area contributed by atoms with Gasteiger partial charge in [0.25, 0.3) is 0 Å². The molecular formula is C15H19F3N4O3.